The molecule has 0 bridgehead atoms. The molecule has 0 aliphatic carbocycles. The largest absolute Gasteiger partial charge is 0.456 e. The van der Waals surface area contributed by atoms with Crippen LogP contribution in [0.15, 0.2) is 34.8 Å². The molecular weight excluding hydrogens is 210 g/mol. The summed E-state index contributed by atoms with van der Waals surface area (Å²) in [6.45, 7) is 8.20. The maximum atomic E-state index is 5.90. The molecule has 1 heterocycles. The minimum Gasteiger partial charge on any atom is -0.456 e. The topological polar surface area (TPSA) is 25.2 Å². The summed E-state index contributed by atoms with van der Waals surface area (Å²) in [5.41, 5.74) is 3.39. The van der Waals surface area contributed by atoms with E-state index in [1.165, 1.54) is 16.5 Å². The number of furan rings is 1. The van der Waals surface area contributed by atoms with Gasteiger partial charge in [0.15, 0.2) is 0 Å². The lowest BCUT2D eigenvalue weighted by atomic mass is 10.1. The summed E-state index contributed by atoms with van der Waals surface area (Å²) >= 11 is 0. The number of benzene rings is 1. The zero-order valence-electron chi connectivity index (χ0n) is 10.7. The second-order valence-electron chi connectivity index (χ2n) is 4.25. The lowest BCUT2D eigenvalue weighted by molar-refractivity contribution is 0.595. The summed E-state index contributed by atoms with van der Waals surface area (Å²) < 4.78 is 5.90. The van der Waals surface area contributed by atoms with E-state index in [4.69, 9.17) is 4.42 Å². The fourth-order valence-corrected chi connectivity index (χ4v) is 2.01. The molecule has 0 amide bonds. The van der Waals surface area contributed by atoms with Crippen molar-refractivity contribution >= 4 is 16.5 Å². The quantitative estimate of drug-likeness (QED) is 0.808. The summed E-state index contributed by atoms with van der Waals surface area (Å²) in [6.07, 6.45) is 2.17. The SMILES string of the molecule is CCNC/C=C(\C)c1oc2ccccc2c1C. The molecule has 0 aliphatic heterocycles. The number of likely N-dealkylation sites (N-methyl/N-ethyl adjacent to an activating group) is 1. The maximum Gasteiger partial charge on any atom is 0.135 e. The molecule has 0 spiro atoms. The third-order valence-corrected chi connectivity index (χ3v) is 3.00. The Morgan fingerprint density at radius 2 is 2.12 bits per heavy atom. The Hall–Kier alpha value is -1.54. The van der Waals surface area contributed by atoms with E-state index in [0.717, 1.165) is 24.4 Å². The van der Waals surface area contributed by atoms with Gasteiger partial charge in [0.1, 0.15) is 11.3 Å². The maximum absolute atomic E-state index is 5.90. The molecule has 0 radical (unpaired) electrons. The predicted octanol–water partition coefficient (Wildman–Crippen LogP) is 3.75. The molecule has 90 valence electrons. The number of nitrogens with one attached hydrogen (secondary N) is 1. The van der Waals surface area contributed by atoms with E-state index in [9.17, 15) is 0 Å². The highest BCUT2D eigenvalue weighted by atomic mass is 16.3. The fraction of sp³-hybridized carbons (Fsp3) is 0.333. The van der Waals surface area contributed by atoms with Gasteiger partial charge >= 0.3 is 0 Å². The van der Waals surface area contributed by atoms with Gasteiger partial charge in [0.2, 0.25) is 0 Å². The third kappa shape index (κ3) is 2.42. The van der Waals surface area contributed by atoms with Crippen LogP contribution >= 0.6 is 0 Å². The Morgan fingerprint density at radius 3 is 2.82 bits per heavy atom. The van der Waals surface area contributed by atoms with E-state index in [1.54, 1.807) is 0 Å². The van der Waals surface area contributed by atoms with Crippen LogP contribution in [0.2, 0.25) is 0 Å². The van der Waals surface area contributed by atoms with Gasteiger partial charge in [-0.25, -0.2) is 0 Å². The molecule has 2 nitrogen and oxygen atoms in total. The van der Waals surface area contributed by atoms with Crippen molar-refractivity contribution in [2.45, 2.75) is 20.8 Å². The van der Waals surface area contributed by atoms with Crippen molar-refractivity contribution in [3.05, 3.63) is 41.7 Å². The molecule has 0 saturated heterocycles. The van der Waals surface area contributed by atoms with E-state index in [1.807, 2.05) is 18.2 Å². The van der Waals surface area contributed by atoms with Crippen LogP contribution in [0, 0.1) is 6.92 Å². The minimum absolute atomic E-state index is 0.888. The Bertz CT molecular complexity index is 537. The lowest BCUT2D eigenvalue weighted by Crippen LogP contribution is -2.11. The Labute approximate surface area is 102 Å². The van der Waals surface area contributed by atoms with E-state index in [-0.39, 0.29) is 0 Å². The van der Waals surface area contributed by atoms with Crippen LogP contribution in [0.25, 0.3) is 16.5 Å². The molecule has 1 aromatic carbocycles. The number of allylic oxidation sites excluding steroid dienone is 1. The van der Waals surface area contributed by atoms with Crippen LogP contribution in [-0.2, 0) is 0 Å². The normalized spacial score (nSPS) is 12.3. The zero-order valence-corrected chi connectivity index (χ0v) is 10.7. The van der Waals surface area contributed by atoms with Crippen LogP contribution in [0.4, 0.5) is 0 Å². The highest BCUT2D eigenvalue weighted by molar-refractivity contribution is 5.86. The Kier molecular flexibility index (Phi) is 3.64. The van der Waals surface area contributed by atoms with Crippen LogP contribution in [0.5, 0.6) is 0 Å². The molecular formula is C15H19NO. The van der Waals surface area contributed by atoms with Crippen LogP contribution in [0.3, 0.4) is 0 Å². The smallest absolute Gasteiger partial charge is 0.135 e. The highest BCUT2D eigenvalue weighted by Crippen LogP contribution is 2.29. The van der Waals surface area contributed by atoms with Gasteiger partial charge < -0.3 is 9.73 Å². The number of fused-ring (bicyclic) bond motifs is 1. The molecule has 1 aromatic heterocycles. The summed E-state index contributed by atoms with van der Waals surface area (Å²) in [4.78, 5) is 0. The molecule has 1 N–H and O–H groups in total. The molecule has 2 heteroatoms. The van der Waals surface area contributed by atoms with Gasteiger partial charge in [0.25, 0.3) is 0 Å². The van der Waals surface area contributed by atoms with Crippen molar-refractivity contribution < 1.29 is 4.42 Å². The van der Waals surface area contributed by atoms with Gasteiger partial charge in [-0.05, 0) is 32.0 Å². The Morgan fingerprint density at radius 1 is 1.35 bits per heavy atom. The number of para-hydroxylation sites is 1. The molecule has 2 rings (SSSR count). The first-order chi connectivity index (χ1) is 8.24. The fourth-order valence-electron chi connectivity index (χ4n) is 2.01. The predicted molar refractivity (Wildman–Crippen MR) is 73.1 cm³/mol. The van der Waals surface area contributed by atoms with E-state index in [0.29, 0.717) is 0 Å². The molecule has 17 heavy (non-hydrogen) atoms. The summed E-state index contributed by atoms with van der Waals surface area (Å²) in [7, 11) is 0. The number of hydrogen-bond donors (Lipinski definition) is 1. The van der Waals surface area contributed by atoms with Gasteiger partial charge in [-0.1, -0.05) is 31.2 Å². The monoisotopic (exact) mass is 229 g/mol. The first-order valence-electron chi connectivity index (χ1n) is 6.10. The summed E-state index contributed by atoms with van der Waals surface area (Å²) in [6, 6.07) is 8.18. The van der Waals surface area contributed by atoms with Crippen molar-refractivity contribution in [1.29, 1.82) is 0 Å². The van der Waals surface area contributed by atoms with Gasteiger partial charge in [0, 0.05) is 17.5 Å². The van der Waals surface area contributed by atoms with E-state index in [2.05, 4.69) is 38.2 Å². The Balaban J connectivity index is 2.35. The van der Waals surface area contributed by atoms with Crippen molar-refractivity contribution in [2.75, 3.05) is 13.1 Å². The van der Waals surface area contributed by atoms with Crippen molar-refractivity contribution in [1.82, 2.24) is 5.32 Å². The molecule has 0 unspecified atom stereocenters. The number of aryl methyl sites for hydroxylation is 1. The van der Waals surface area contributed by atoms with Crippen LogP contribution in [-0.4, -0.2) is 13.1 Å². The van der Waals surface area contributed by atoms with Gasteiger partial charge in [-0.2, -0.15) is 0 Å². The average molecular weight is 229 g/mol. The average Bonchev–Trinajstić information content (AvgIpc) is 2.68. The van der Waals surface area contributed by atoms with Gasteiger partial charge in [0.05, 0.1) is 0 Å². The summed E-state index contributed by atoms with van der Waals surface area (Å²) in [5.74, 6) is 1.00. The van der Waals surface area contributed by atoms with E-state index >= 15 is 0 Å². The molecule has 0 atom stereocenters. The lowest BCUT2D eigenvalue weighted by Gasteiger charge is -1.99. The van der Waals surface area contributed by atoms with E-state index < -0.39 is 0 Å². The van der Waals surface area contributed by atoms with Crippen molar-refractivity contribution in [3.8, 4) is 0 Å². The second-order valence-corrected chi connectivity index (χ2v) is 4.25. The van der Waals surface area contributed by atoms with Crippen LogP contribution < -0.4 is 5.32 Å². The van der Waals surface area contributed by atoms with Crippen molar-refractivity contribution in [2.24, 2.45) is 0 Å². The third-order valence-electron chi connectivity index (χ3n) is 3.00. The molecule has 0 fully saturated rings. The zero-order chi connectivity index (χ0) is 12.3. The van der Waals surface area contributed by atoms with Crippen molar-refractivity contribution in [3.63, 3.8) is 0 Å². The van der Waals surface area contributed by atoms with Crippen LogP contribution in [0.1, 0.15) is 25.2 Å². The standard InChI is InChI=1S/C15H19NO/c1-4-16-10-9-11(2)15-12(3)13-7-5-6-8-14(13)17-15/h5-9,16H,4,10H2,1-3H3/b11-9+. The first-order valence-corrected chi connectivity index (χ1v) is 6.10. The molecule has 0 saturated carbocycles. The minimum atomic E-state index is 0.888. The number of hydrogen-bond acceptors (Lipinski definition) is 2. The highest BCUT2D eigenvalue weighted by Gasteiger charge is 2.10. The molecule has 0 aliphatic rings. The second kappa shape index (κ2) is 5.19. The molecule has 2 aromatic rings. The first kappa shape index (κ1) is 11.9. The van der Waals surface area contributed by atoms with Gasteiger partial charge in [-0.3, -0.25) is 0 Å². The number of rotatable bonds is 4. The summed E-state index contributed by atoms with van der Waals surface area (Å²) in [5, 5.41) is 4.49. The van der Waals surface area contributed by atoms with Gasteiger partial charge in [-0.15, -0.1) is 0 Å².